The monoisotopic (exact) mass is 442 g/mol. The first-order chi connectivity index (χ1) is 14.6. The van der Waals surface area contributed by atoms with Gasteiger partial charge in [-0.2, -0.15) is 0 Å². The second kappa shape index (κ2) is 12.7. The molecular weight excluding hydrogens is 412 g/mol. The zero-order chi connectivity index (χ0) is 23.4. The first-order valence-corrected chi connectivity index (χ1v) is 10.0. The van der Waals surface area contributed by atoms with Crippen LogP contribution in [0.3, 0.4) is 0 Å². The number of rotatable bonds is 12. The number of cyclic esters (lactones) is 1. The first-order valence-electron chi connectivity index (χ1n) is 10.0. The van der Waals surface area contributed by atoms with Gasteiger partial charge in [0.05, 0.1) is 33.0 Å². The number of carbonyl (C=O) groups is 5. The maximum absolute atomic E-state index is 12.7. The SMILES string of the molecule is COC(=O)CCCCOC(=O)C1=C(C(=O)OCCCCC(=O)OC)C(C)(C)COC1=O. The summed E-state index contributed by atoms with van der Waals surface area (Å²) in [5.41, 5.74) is -1.53. The Labute approximate surface area is 181 Å². The molecule has 0 N–H and O–H groups in total. The number of methoxy groups -OCH3 is 2. The fourth-order valence-electron chi connectivity index (χ4n) is 2.82. The fraction of sp³-hybridized carbons (Fsp3) is 0.667. The van der Waals surface area contributed by atoms with Crippen LogP contribution in [0.15, 0.2) is 11.1 Å². The second-order valence-corrected chi connectivity index (χ2v) is 7.55. The lowest BCUT2D eigenvalue weighted by molar-refractivity contribution is -0.154. The molecule has 10 nitrogen and oxygen atoms in total. The van der Waals surface area contributed by atoms with E-state index in [1.165, 1.54) is 14.2 Å². The lowest BCUT2D eigenvalue weighted by Gasteiger charge is -2.31. The number of carbonyl (C=O) groups excluding carboxylic acids is 5. The van der Waals surface area contributed by atoms with Gasteiger partial charge in [0.15, 0.2) is 5.57 Å². The Balaban J connectivity index is 2.76. The van der Waals surface area contributed by atoms with Crippen LogP contribution >= 0.6 is 0 Å². The topological polar surface area (TPSA) is 132 Å². The van der Waals surface area contributed by atoms with Gasteiger partial charge in [-0.25, -0.2) is 14.4 Å². The van der Waals surface area contributed by atoms with Crippen LogP contribution in [-0.4, -0.2) is 63.9 Å². The average Bonchev–Trinajstić information content (AvgIpc) is 2.73. The van der Waals surface area contributed by atoms with Crippen molar-refractivity contribution < 1.29 is 47.7 Å². The fourth-order valence-corrected chi connectivity index (χ4v) is 2.82. The van der Waals surface area contributed by atoms with E-state index in [1.54, 1.807) is 13.8 Å². The van der Waals surface area contributed by atoms with Crippen molar-refractivity contribution in [3.05, 3.63) is 11.1 Å². The van der Waals surface area contributed by atoms with Crippen molar-refractivity contribution in [2.24, 2.45) is 5.41 Å². The largest absolute Gasteiger partial charge is 0.469 e. The summed E-state index contributed by atoms with van der Waals surface area (Å²) in [6.07, 6.45) is 2.08. The van der Waals surface area contributed by atoms with Gasteiger partial charge in [0.25, 0.3) is 0 Å². The lowest BCUT2D eigenvalue weighted by atomic mass is 9.80. The van der Waals surface area contributed by atoms with E-state index in [-0.39, 0.29) is 50.2 Å². The summed E-state index contributed by atoms with van der Waals surface area (Å²) in [4.78, 5) is 59.6. The summed E-state index contributed by atoms with van der Waals surface area (Å²) in [7, 11) is 2.57. The molecule has 31 heavy (non-hydrogen) atoms. The van der Waals surface area contributed by atoms with Gasteiger partial charge in [0.1, 0.15) is 6.61 Å². The van der Waals surface area contributed by atoms with Crippen molar-refractivity contribution in [2.45, 2.75) is 52.4 Å². The Bertz CT molecular complexity index is 720. The summed E-state index contributed by atoms with van der Waals surface area (Å²) in [6, 6.07) is 0. The molecule has 10 heteroatoms. The molecule has 0 unspecified atom stereocenters. The normalized spacial score (nSPS) is 15.0. The van der Waals surface area contributed by atoms with Crippen LogP contribution in [-0.2, 0) is 47.7 Å². The summed E-state index contributed by atoms with van der Waals surface area (Å²) in [5, 5.41) is 0. The van der Waals surface area contributed by atoms with Crippen molar-refractivity contribution in [1.82, 2.24) is 0 Å². The Morgan fingerprint density at radius 3 is 1.81 bits per heavy atom. The number of ether oxygens (including phenoxy) is 5. The summed E-state index contributed by atoms with van der Waals surface area (Å²) in [5.74, 6) is -3.47. The molecule has 0 aromatic heterocycles. The smallest absolute Gasteiger partial charge is 0.346 e. The summed E-state index contributed by atoms with van der Waals surface area (Å²) < 4.78 is 24.4. The predicted molar refractivity (Wildman–Crippen MR) is 105 cm³/mol. The zero-order valence-electron chi connectivity index (χ0n) is 18.4. The van der Waals surface area contributed by atoms with E-state index in [0.29, 0.717) is 25.7 Å². The molecule has 0 radical (unpaired) electrons. The van der Waals surface area contributed by atoms with Gasteiger partial charge in [-0.15, -0.1) is 0 Å². The number of hydrogen-bond donors (Lipinski definition) is 0. The molecule has 0 saturated carbocycles. The molecule has 0 atom stereocenters. The number of esters is 5. The van der Waals surface area contributed by atoms with Gasteiger partial charge in [-0.1, -0.05) is 13.8 Å². The molecule has 0 fully saturated rings. The highest BCUT2D eigenvalue weighted by Gasteiger charge is 2.44. The Kier molecular flexibility index (Phi) is 10.7. The van der Waals surface area contributed by atoms with Crippen molar-refractivity contribution >= 4 is 29.8 Å². The minimum absolute atomic E-state index is 0.0142. The maximum Gasteiger partial charge on any atom is 0.346 e. The molecule has 0 aromatic carbocycles. The van der Waals surface area contributed by atoms with Gasteiger partial charge in [-0.3, -0.25) is 9.59 Å². The molecule has 0 aliphatic carbocycles. The van der Waals surface area contributed by atoms with Crippen LogP contribution in [0.1, 0.15) is 52.4 Å². The van der Waals surface area contributed by atoms with Gasteiger partial charge in [0.2, 0.25) is 0 Å². The van der Waals surface area contributed by atoms with Crippen LogP contribution in [0.2, 0.25) is 0 Å². The van der Waals surface area contributed by atoms with Crippen molar-refractivity contribution in [2.75, 3.05) is 34.0 Å². The highest BCUT2D eigenvalue weighted by Crippen LogP contribution is 2.35. The van der Waals surface area contributed by atoms with Crippen molar-refractivity contribution in [1.29, 1.82) is 0 Å². The molecule has 1 aliphatic heterocycles. The van der Waals surface area contributed by atoms with Gasteiger partial charge < -0.3 is 23.7 Å². The third-order valence-electron chi connectivity index (χ3n) is 4.58. The third-order valence-corrected chi connectivity index (χ3v) is 4.58. The highest BCUT2D eigenvalue weighted by molar-refractivity contribution is 6.20. The van der Waals surface area contributed by atoms with Crippen LogP contribution < -0.4 is 0 Å². The third kappa shape index (κ3) is 8.39. The van der Waals surface area contributed by atoms with Crippen LogP contribution in [0.25, 0.3) is 0 Å². The van der Waals surface area contributed by atoms with Crippen LogP contribution in [0.5, 0.6) is 0 Å². The molecule has 0 aromatic rings. The molecule has 1 heterocycles. The molecule has 1 aliphatic rings. The quantitative estimate of drug-likeness (QED) is 0.190. The van der Waals surface area contributed by atoms with Gasteiger partial charge >= 0.3 is 29.8 Å². The Morgan fingerprint density at radius 2 is 1.32 bits per heavy atom. The minimum atomic E-state index is -0.978. The van der Waals surface area contributed by atoms with Crippen LogP contribution in [0, 0.1) is 5.41 Å². The first kappa shape index (κ1) is 26.1. The van der Waals surface area contributed by atoms with E-state index >= 15 is 0 Å². The number of unbranched alkanes of at least 4 members (excludes halogenated alkanes) is 2. The highest BCUT2D eigenvalue weighted by atomic mass is 16.6. The lowest BCUT2D eigenvalue weighted by Crippen LogP contribution is -2.39. The summed E-state index contributed by atoms with van der Waals surface area (Å²) in [6.45, 7) is 3.19. The predicted octanol–water partition coefficient (Wildman–Crippen LogP) is 1.64. The number of hydrogen-bond acceptors (Lipinski definition) is 10. The Morgan fingerprint density at radius 1 is 0.839 bits per heavy atom. The van der Waals surface area contributed by atoms with E-state index in [2.05, 4.69) is 9.47 Å². The van der Waals surface area contributed by atoms with Crippen molar-refractivity contribution in [3.8, 4) is 0 Å². The standard InChI is InChI=1S/C21H30O10/c1-21(2)13-31-19(25)16(18(24)29-11-7-5-9-14(22)27-3)17(21)20(26)30-12-8-6-10-15(23)28-4/h5-13H2,1-4H3. The zero-order valence-corrected chi connectivity index (χ0v) is 18.4. The van der Waals surface area contributed by atoms with E-state index in [4.69, 9.17) is 14.2 Å². The van der Waals surface area contributed by atoms with E-state index in [1.807, 2.05) is 0 Å². The second-order valence-electron chi connectivity index (χ2n) is 7.55. The van der Waals surface area contributed by atoms with Gasteiger partial charge in [-0.05, 0) is 25.7 Å². The molecule has 0 amide bonds. The summed E-state index contributed by atoms with van der Waals surface area (Å²) >= 11 is 0. The molecule has 0 spiro atoms. The molecule has 0 saturated heterocycles. The van der Waals surface area contributed by atoms with Gasteiger partial charge in [0, 0.05) is 18.3 Å². The van der Waals surface area contributed by atoms with E-state index < -0.39 is 28.9 Å². The van der Waals surface area contributed by atoms with Crippen molar-refractivity contribution in [3.63, 3.8) is 0 Å². The minimum Gasteiger partial charge on any atom is -0.469 e. The molecule has 0 bridgehead atoms. The average molecular weight is 442 g/mol. The van der Waals surface area contributed by atoms with E-state index in [0.717, 1.165) is 0 Å². The van der Waals surface area contributed by atoms with Crippen LogP contribution in [0.4, 0.5) is 0 Å². The molecule has 1 rings (SSSR count). The molecule has 174 valence electrons. The maximum atomic E-state index is 12.7. The Hall–Kier alpha value is -2.91. The van der Waals surface area contributed by atoms with E-state index in [9.17, 15) is 24.0 Å². The molecular formula is C21H30O10.